The lowest BCUT2D eigenvalue weighted by Crippen LogP contribution is -2.16. The molecule has 0 heterocycles. The van der Waals surface area contributed by atoms with Gasteiger partial charge in [-0.1, -0.05) is 40.5 Å². The molecular formula is C9H18. The first kappa shape index (κ1) is 9.00. The van der Waals surface area contributed by atoms with E-state index in [-0.39, 0.29) is 5.41 Å². The summed E-state index contributed by atoms with van der Waals surface area (Å²) in [6.07, 6.45) is 2.22. The van der Waals surface area contributed by atoms with E-state index in [1.54, 1.807) is 0 Å². The van der Waals surface area contributed by atoms with Crippen molar-refractivity contribution in [3.8, 4) is 0 Å². The first-order chi connectivity index (χ1) is 3.98. The van der Waals surface area contributed by atoms with Gasteiger partial charge in [-0.2, -0.15) is 0 Å². The van der Waals surface area contributed by atoms with Gasteiger partial charge in [0.15, 0.2) is 0 Å². The molecule has 0 rings (SSSR count). The van der Waals surface area contributed by atoms with Crippen molar-refractivity contribution in [2.45, 2.75) is 33.6 Å². The van der Waals surface area contributed by atoms with Gasteiger partial charge in [-0.05, 0) is 18.3 Å². The van der Waals surface area contributed by atoms with E-state index in [0.29, 0.717) is 5.92 Å². The maximum atomic E-state index is 4.06. The summed E-state index contributed by atoms with van der Waals surface area (Å²) < 4.78 is 0. The molecule has 0 aliphatic rings. The fraction of sp³-hybridized carbons (Fsp3) is 0.778. The van der Waals surface area contributed by atoms with E-state index in [2.05, 4.69) is 34.6 Å². The van der Waals surface area contributed by atoms with Crippen LogP contribution < -0.4 is 0 Å². The lowest BCUT2D eigenvalue weighted by molar-refractivity contribution is 0.287. The van der Waals surface area contributed by atoms with Crippen molar-refractivity contribution in [1.82, 2.24) is 0 Å². The molecule has 0 saturated heterocycles. The standard InChI is InChI=1S/C9H18/c1-6-7-8(2)9(3,4)5/h8H,1,3,6-7H2,2,4-5H3. The topological polar surface area (TPSA) is 0 Å². The van der Waals surface area contributed by atoms with E-state index in [1.807, 2.05) is 0 Å². The molecule has 0 N–H and O–H groups in total. The average molecular weight is 126 g/mol. The van der Waals surface area contributed by atoms with Crippen LogP contribution in [0.25, 0.3) is 0 Å². The summed E-state index contributed by atoms with van der Waals surface area (Å²) >= 11 is 0. The minimum atomic E-state index is 0.220. The quantitative estimate of drug-likeness (QED) is 0.545. The molecule has 0 heteroatoms. The van der Waals surface area contributed by atoms with Gasteiger partial charge in [-0.25, -0.2) is 0 Å². The predicted molar refractivity (Wildman–Crippen MR) is 42.9 cm³/mol. The van der Waals surface area contributed by atoms with Crippen molar-refractivity contribution in [2.75, 3.05) is 0 Å². The Balaban J connectivity index is 3.59. The van der Waals surface area contributed by atoms with E-state index in [9.17, 15) is 0 Å². The smallest absolute Gasteiger partial charge is 0.0328 e. The third-order valence-electron chi connectivity index (χ3n) is 1.97. The maximum absolute atomic E-state index is 4.06. The molecular weight excluding hydrogens is 108 g/mol. The van der Waals surface area contributed by atoms with Crippen LogP contribution in [0.15, 0.2) is 0 Å². The monoisotopic (exact) mass is 126 g/mol. The Labute approximate surface area is 59.7 Å². The van der Waals surface area contributed by atoms with Crippen LogP contribution in [0.3, 0.4) is 0 Å². The van der Waals surface area contributed by atoms with Crippen LogP contribution in [-0.2, 0) is 0 Å². The third-order valence-corrected chi connectivity index (χ3v) is 1.97. The van der Waals surface area contributed by atoms with Crippen LogP contribution in [0.1, 0.15) is 33.6 Å². The Morgan fingerprint density at radius 3 is 2.00 bits per heavy atom. The Morgan fingerprint density at radius 1 is 1.44 bits per heavy atom. The van der Waals surface area contributed by atoms with E-state index >= 15 is 0 Å². The Hall–Kier alpha value is 0. The third kappa shape index (κ3) is 3.56. The van der Waals surface area contributed by atoms with Crippen LogP contribution in [0.4, 0.5) is 0 Å². The molecule has 0 aliphatic heterocycles. The second-order valence-corrected chi connectivity index (χ2v) is 3.53. The van der Waals surface area contributed by atoms with Crippen molar-refractivity contribution in [2.24, 2.45) is 11.3 Å². The molecule has 0 saturated carbocycles. The van der Waals surface area contributed by atoms with Crippen molar-refractivity contribution in [1.29, 1.82) is 0 Å². The van der Waals surface area contributed by atoms with Gasteiger partial charge >= 0.3 is 0 Å². The zero-order valence-corrected chi connectivity index (χ0v) is 6.91. The molecule has 0 aliphatic carbocycles. The first-order valence-electron chi connectivity index (χ1n) is 3.63. The van der Waals surface area contributed by atoms with Gasteiger partial charge in [0.1, 0.15) is 0 Å². The lowest BCUT2D eigenvalue weighted by Gasteiger charge is -2.26. The summed E-state index contributed by atoms with van der Waals surface area (Å²) in [6, 6.07) is 0. The SMILES string of the molecule is [CH2]CCC(C)C([CH2])(C)C. The molecule has 9 heavy (non-hydrogen) atoms. The fourth-order valence-electron chi connectivity index (χ4n) is 0.697. The van der Waals surface area contributed by atoms with Crippen LogP contribution in [0.2, 0.25) is 0 Å². The van der Waals surface area contributed by atoms with Gasteiger partial charge < -0.3 is 0 Å². The minimum Gasteiger partial charge on any atom is -0.0620 e. The molecule has 0 fully saturated rings. The van der Waals surface area contributed by atoms with E-state index in [4.69, 9.17) is 0 Å². The number of rotatable bonds is 3. The summed E-state index contributed by atoms with van der Waals surface area (Å²) in [6.45, 7) is 14.5. The van der Waals surface area contributed by atoms with E-state index in [0.717, 1.165) is 6.42 Å². The Morgan fingerprint density at radius 2 is 1.89 bits per heavy atom. The Bertz CT molecular complexity index is 66.6. The van der Waals surface area contributed by atoms with Crippen molar-refractivity contribution < 1.29 is 0 Å². The summed E-state index contributed by atoms with van der Waals surface area (Å²) in [5.41, 5.74) is 0.220. The lowest BCUT2D eigenvalue weighted by atomic mass is 9.80. The van der Waals surface area contributed by atoms with Crippen LogP contribution in [0, 0.1) is 25.2 Å². The minimum absolute atomic E-state index is 0.220. The molecule has 0 spiro atoms. The van der Waals surface area contributed by atoms with Crippen molar-refractivity contribution in [3.63, 3.8) is 0 Å². The molecule has 0 aromatic rings. The highest BCUT2D eigenvalue weighted by Crippen LogP contribution is 2.27. The molecule has 0 amide bonds. The van der Waals surface area contributed by atoms with Crippen molar-refractivity contribution in [3.05, 3.63) is 13.8 Å². The van der Waals surface area contributed by atoms with E-state index in [1.165, 1.54) is 6.42 Å². The van der Waals surface area contributed by atoms with Gasteiger partial charge in [-0.15, -0.1) is 0 Å². The zero-order valence-electron chi connectivity index (χ0n) is 6.91. The summed E-state index contributed by atoms with van der Waals surface area (Å²) in [5.74, 6) is 0.690. The van der Waals surface area contributed by atoms with Gasteiger partial charge in [0.25, 0.3) is 0 Å². The number of hydrogen-bond donors (Lipinski definition) is 0. The van der Waals surface area contributed by atoms with E-state index < -0.39 is 0 Å². The summed E-state index contributed by atoms with van der Waals surface area (Å²) in [7, 11) is 0. The predicted octanol–water partition coefficient (Wildman–Crippen LogP) is 3.10. The number of hydrogen-bond acceptors (Lipinski definition) is 0. The second-order valence-electron chi connectivity index (χ2n) is 3.53. The molecule has 0 aromatic carbocycles. The highest BCUT2D eigenvalue weighted by Gasteiger charge is 2.18. The maximum Gasteiger partial charge on any atom is -0.0328 e. The first-order valence-corrected chi connectivity index (χ1v) is 3.63. The van der Waals surface area contributed by atoms with Gasteiger partial charge in [0, 0.05) is 0 Å². The van der Waals surface area contributed by atoms with Crippen LogP contribution >= 0.6 is 0 Å². The largest absolute Gasteiger partial charge is 0.0620 e. The average Bonchev–Trinajstić information content (AvgIpc) is 1.64. The summed E-state index contributed by atoms with van der Waals surface area (Å²) in [4.78, 5) is 0. The zero-order chi connectivity index (χ0) is 7.49. The Kier molecular flexibility index (Phi) is 3.24. The molecule has 0 aromatic heterocycles. The normalized spacial score (nSPS) is 15.7. The van der Waals surface area contributed by atoms with Crippen LogP contribution in [-0.4, -0.2) is 0 Å². The summed E-state index contributed by atoms with van der Waals surface area (Å²) in [5, 5.41) is 0. The van der Waals surface area contributed by atoms with Crippen LogP contribution in [0.5, 0.6) is 0 Å². The molecule has 54 valence electrons. The molecule has 1 atom stereocenters. The molecule has 2 radical (unpaired) electrons. The fourth-order valence-corrected chi connectivity index (χ4v) is 0.697. The molecule has 1 unspecified atom stereocenters. The highest BCUT2D eigenvalue weighted by atomic mass is 14.2. The van der Waals surface area contributed by atoms with Gasteiger partial charge in [0.2, 0.25) is 0 Å². The van der Waals surface area contributed by atoms with Crippen molar-refractivity contribution >= 4 is 0 Å². The molecule has 0 bridgehead atoms. The highest BCUT2D eigenvalue weighted by molar-refractivity contribution is 4.77. The second kappa shape index (κ2) is 3.24. The van der Waals surface area contributed by atoms with Gasteiger partial charge in [-0.3, -0.25) is 0 Å². The van der Waals surface area contributed by atoms with Gasteiger partial charge in [0.05, 0.1) is 0 Å². The molecule has 0 nitrogen and oxygen atoms in total.